The standard InChI is InChI=1S/C12H16FN3O2/c13-11-8(2-1-3-9(11)14)6-16-4-5-18-7-10(16)12(15)17/h1-3,10H,4-7,14H2,(H2,15,17). The molecule has 1 amide bonds. The van der Waals surface area contributed by atoms with E-state index in [1.165, 1.54) is 6.07 Å². The van der Waals surface area contributed by atoms with Gasteiger partial charge in [0, 0.05) is 18.7 Å². The summed E-state index contributed by atoms with van der Waals surface area (Å²) in [4.78, 5) is 13.1. The average molecular weight is 253 g/mol. The number of nitrogen functional groups attached to an aromatic ring is 1. The van der Waals surface area contributed by atoms with Crippen LogP contribution in [0.15, 0.2) is 18.2 Å². The normalized spacial score (nSPS) is 20.8. The number of hydrogen-bond donors (Lipinski definition) is 2. The van der Waals surface area contributed by atoms with Gasteiger partial charge in [0.05, 0.1) is 18.9 Å². The van der Waals surface area contributed by atoms with Crippen LogP contribution in [0.2, 0.25) is 0 Å². The maximum absolute atomic E-state index is 13.8. The van der Waals surface area contributed by atoms with Crippen molar-refractivity contribution in [2.45, 2.75) is 12.6 Å². The first kappa shape index (κ1) is 12.8. The molecule has 2 rings (SSSR count). The molecule has 4 N–H and O–H groups in total. The fraction of sp³-hybridized carbons (Fsp3) is 0.417. The van der Waals surface area contributed by atoms with Crippen molar-refractivity contribution in [3.05, 3.63) is 29.6 Å². The van der Waals surface area contributed by atoms with E-state index in [1.807, 2.05) is 4.90 Å². The van der Waals surface area contributed by atoms with Crippen LogP contribution in [0, 0.1) is 5.82 Å². The first-order valence-corrected chi connectivity index (χ1v) is 5.73. The average Bonchev–Trinajstić information content (AvgIpc) is 2.35. The number of nitrogens with two attached hydrogens (primary N) is 2. The summed E-state index contributed by atoms with van der Waals surface area (Å²) < 4.78 is 19.0. The highest BCUT2D eigenvalue weighted by atomic mass is 19.1. The molecule has 1 atom stereocenters. The SMILES string of the molecule is NC(=O)C1COCCN1Cc1cccc(N)c1F. The van der Waals surface area contributed by atoms with Gasteiger partial charge < -0.3 is 16.2 Å². The van der Waals surface area contributed by atoms with E-state index < -0.39 is 17.8 Å². The lowest BCUT2D eigenvalue weighted by atomic mass is 10.1. The number of rotatable bonds is 3. The van der Waals surface area contributed by atoms with E-state index >= 15 is 0 Å². The minimum Gasteiger partial charge on any atom is -0.396 e. The molecule has 0 radical (unpaired) electrons. The van der Waals surface area contributed by atoms with Gasteiger partial charge >= 0.3 is 0 Å². The Hall–Kier alpha value is -1.66. The number of amides is 1. The van der Waals surface area contributed by atoms with E-state index in [9.17, 15) is 9.18 Å². The van der Waals surface area contributed by atoms with Gasteiger partial charge in [0.15, 0.2) is 5.82 Å². The van der Waals surface area contributed by atoms with Gasteiger partial charge in [-0.05, 0) is 6.07 Å². The molecule has 0 aliphatic carbocycles. The van der Waals surface area contributed by atoms with E-state index in [4.69, 9.17) is 16.2 Å². The summed E-state index contributed by atoms with van der Waals surface area (Å²) >= 11 is 0. The lowest BCUT2D eigenvalue weighted by Crippen LogP contribution is -2.51. The third-order valence-electron chi connectivity index (χ3n) is 3.05. The molecule has 1 unspecified atom stereocenters. The highest BCUT2D eigenvalue weighted by Crippen LogP contribution is 2.18. The Balaban J connectivity index is 2.16. The molecule has 1 fully saturated rings. The van der Waals surface area contributed by atoms with Crippen molar-refractivity contribution in [2.24, 2.45) is 5.73 Å². The van der Waals surface area contributed by atoms with Crippen molar-refractivity contribution in [1.82, 2.24) is 4.90 Å². The zero-order chi connectivity index (χ0) is 13.1. The van der Waals surface area contributed by atoms with Crippen LogP contribution in [-0.2, 0) is 16.1 Å². The Morgan fingerprint density at radius 3 is 3.06 bits per heavy atom. The molecule has 1 saturated heterocycles. The molecule has 1 aromatic rings. The number of carbonyl (C=O) groups is 1. The summed E-state index contributed by atoms with van der Waals surface area (Å²) in [6, 6.07) is 4.33. The minimum absolute atomic E-state index is 0.108. The van der Waals surface area contributed by atoms with Crippen LogP contribution in [0.25, 0.3) is 0 Å². The second-order valence-corrected chi connectivity index (χ2v) is 4.28. The number of anilines is 1. The van der Waals surface area contributed by atoms with Crippen molar-refractivity contribution >= 4 is 11.6 Å². The van der Waals surface area contributed by atoms with Crippen LogP contribution >= 0.6 is 0 Å². The molecular formula is C12H16FN3O2. The second-order valence-electron chi connectivity index (χ2n) is 4.28. The topological polar surface area (TPSA) is 81.6 Å². The number of carbonyl (C=O) groups excluding carboxylic acids is 1. The quantitative estimate of drug-likeness (QED) is 0.748. The first-order chi connectivity index (χ1) is 8.59. The zero-order valence-electron chi connectivity index (χ0n) is 9.93. The summed E-state index contributed by atoms with van der Waals surface area (Å²) in [5.74, 6) is -0.897. The van der Waals surface area contributed by atoms with Crippen LogP contribution in [0.1, 0.15) is 5.56 Å². The van der Waals surface area contributed by atoms with Gasteiger partial charge in [-0.2, -0.15) is 0 Å². The fourth-order valence-electron chi connectivity index (χ4n) is 2.03. The van der Waals surface area contributed by atoms with Crippen LogP contribution in [-0.4, -0.2) is 36.6 Å². The van der Waals surface area contributed by atoms with E-state index in [2.05, 4.69) is 0 Å². The third-order valence-corrected chi connectivity index (χ3v) is 3.05. The van der Waals surface area contributed by atoms with E-state index in [1.54, 1.807) is 12.1 Å². The summed E-state index contributed by atoms with van der Waals surface area (Å²) in [6.45, 7) is 1.60. The predicted octanol–water partition coefficient (Wildman–Crippen LogP) is 0.0940. The molecule has 1 aliphatic heterocycles. The van der Waals surface area contributed by atoms with Crippen molar-refractivity contribution in [1.29, 1.82) is 0 Å². The molecule has 98 valence electrons. The lowest BCUT2D eigenvalue weighted by molar-refractivity contribution is -0.129. The summed E-state index contributed by atoms with van der Waals surface area (Å²) in [5, 5.41) is 0. The Kier molecular flexibility index (Phi) is 3.78. The van der Waals surface area contributed by atoms with Crippen LogP contribution in [0.5, 0.6) is 0 Å². The maximum Gasteiger partial charge on any atom is 0.237 e. The maximum atomic E-state index is 13.8. The van der Waals surface area contributed by atoms with Crippen molar-refractivity contribution in [2.75, 3.05) is 25.5 Å². The summed E-state index contributed by atoms with van der Waals surface area (Å²) in [7, 11) is 0. The third kappa shape index (κ3) is 2.60. The lowest BCUT2D eigenvalue weighted by Gasteiger charge is -2.33. The van der Waals surface area contributed by atoms with Crippen LogP contribution in [0.4, 0.5) is 10.1 Å². The smallest absolute Gasteiger partial charge is 0.237 e. The number of halogens is 1. The Labute approximate surface area is 104 Å². The van der Waals surface area contributed by atoms with E-state index in [0.717, 1.165) is 0 Å². The Bertz CT molecular complexity index is 453. The highest BCUT2D eigenvalue weighted by Gasteiger charge is 2.28. The molecule has 0 bridgehead atoms. The number of nitrogens with zero attached hydrogens (tertiary/aromatic N) is 1. The van der Waals surface area contributed by atoms with Crippen molar-refractivity contribution in [3.63, 3.8) is 0 Å². The van der Waals surface area contributed by atoms with Gasteiger partial charge in [0.1, 0.15) is 6.04 Å². The number of benzene rings is 1. The number of morpholine rings is 1. The van der Waals surface area contributed by atoms with Gasteiger partial charge in [-0.3, -0.25) is 9.69 Å². The monoisotopic (exact) mass is 253 g/mol. The largest absolute Gasteiger partial charge is 0.396 e. The van der Waals surface area contributed by atoms with Crippen LogP contribution < -0.4 is 11.5 Å². The van der Waals surface area contributed by atoms with E-state index in [-0.39, 0.29) is 12.3 Å². The Morgan fingerprint density at radius 1 is 1.56 bits per heavy atom. The minimum atomic E-state index is -0.514. The van der Waals surface area contributed by atoms with Gasteiger partial charge in [-0.15, -0.1) is 0 Å². The number of primary amides is 1. The molecule has 5 nitrogen and oxygen atoms in total. The summed E-state index contributed by atoms with van der Waals surface area (Å²) in [5.41, 5.74) is 11.4. The molecule has 0 aromatic heterocycles. The van der Waals surface area contributed by atoms with E-state index in [0.29, 0.717) is 25.3 Å². The molecule has 6 heteroatoms. The molecule has 0 spiro atoms. The highest BCUT2D eigenvalue weighted by molar-refractivity contribution is 5.80. The molecule has 1 aromatic carbocycles. The first-order valence-electron chi connectivity index (χ1n) is 5.73. The fourth-order valence-corrected chi connectivity index (χ4v) is 2.03. The van der Waals surface area contributed by atoms with Gasteiger partial charge in [-0.1, -0.05) is 12.1 Å². The zero-order valence-corrected chi connectivity index (χ0v) is 9.93. The predicted molar refractivity (Wildman–Crippen MR) is 65.0 cm³/mol. The molecular weight excluding hydrogens is 237 g/mol. The Morgan fingerprint density at radius 2 is 2.33 bits per heavy atom. The molecule has 18 heavy (non-hydrogen) atoms. The molecule has 1 aliphatic rings. The van der Waals surface area contributed by atoms with Crippen molar-refractivity contribution < 1.29 is 13.9 Å². The number of ether oxygens (including phenoxy) is 1. The van der Waals surface area contributed by atoms with Crippen molar-refractivity contribution in [3.8, 4) is 0 Å². The molecule has 0 saturated carbocycles. The van der Waals surface area contributed by atoms with Gasteiger partial charge in [0.2, 0.25) is 5.91 Å². The second kappa shape index (κ2) is 5.32. The van der Waals surface area contributed by atoms with Gasteiger partial charge in [-0.25, -0.2) is 4.39 Å². The number of hydrogen-bond acceptors (Lipinski definition) is 4. The molecule has 1 heterocycles. The van der Waals surface area contributed by atoms with Gasteiger partial charge in [0.25, 0.3) is 0 Å². The van der Waals surface area contributed by atoms with Crippen LogP contribution in [0.3, 0.4) is 0 Å². The summed E-state index contributed by atoms with van der Waals surface area (Å²) in [6.07, 6.45) is 0.